The number of aryl methyl sites for hydroxylation is 1. The maximum atomic E-state index is 15.0. The van der Waals surface area contributed by atoms with Gasteiger partial charge in [0.15, 0.2) is 5.67 Å². The largest absolute Gasteiger partial charge is 0.457 e. The Hall–Kier alpha value is -1.39. The van der Waals surface area contributed by atoms with Crippen molar-refractivity contribution in [3.8, 4) is 0 Å². The molecule has 1 aliphatic rings. The molecule has 1 aromatic carbocycles. The predicted octanol–water partition coefficient (Wildman–Crippen LogP) is 3.30. The van der Waals surface area contributed by atoms with E-state index in [4.69, 9.17) is 9.15 Å². The number of hydrogen-bond donors (Lipinski definition) is 1. The lowest BCUT2D eigenvalue weighted by Crippen LogP contribution is -2.44. The van der Waals surface area contributed by atoms with E-state index in [1.54, 1.807) is 6.92 Å². The average molecular weight is 277 g/mol. The zero-order valence-corrected chi connectivity index (χ0v) is 11.9. The zero-order valence-electron chi connectivity index (χ0n) is 11.9. The van der Waals surface area contributed by atoms with Gasteiger partial charge in [-0.2, -0.15) is 0 Å². The van der Waals surface area contributed by atoms with Gasteiger partial charge in [0.2, 0.25) is 0 Å². The first-order valence-corrected chi connectivity index (χ1v) is 7.06. The standard InChI is InChI=1S/C16H20FNO2/c1-11-4-3-5-12-8-14(20-15(11)12)16(2,17)9-13-10-19-7-6-18-13/h3-5,8,13,18H,6-7,9-10H2,1-2H3. The molecule has 1 aliphatic heterocycles. The Balaban J connectivity index is 1.86. The summed E-state index contributed by atoms with van der Waals surface area (Å²) in [5, 5.41) is 4.24. The molecular weight excluding hydrogens is 257 g/mol. The number of rotatable bonds is 3. The number of benzene rings is 1. The molecule has 0 bridgehead atoms. The summed E-state index contributed by atoms with van der Waals surface area (Å²) >= 11 is 0. The van der Waals surface area contributed by atoms with E-state index in [0.29, 0.717) is 25.4 Å². The Labute approximate surface area is 118 Å². The molecule has 3 rings (SSSR count). The average Bonchev–Trinajstić information content (AvgIpc) is 2.86. The van der Waals surface area contributed by atoms with Gasteiger partial charge in [0.05, 0.1) is 13.2 Å². The van der Waals surface area contributed by atoms with E-state index in [9.17, 15) is 4.39 Å². The summed E-state index contributed by atoms with van der Waals surface area (Å²) in [7, 11) is 0. The highest BCUT2D eigenvalue weighted by Crippen LogP contribution is 2.35. The second-order valence-corrected chi connectivity index (χ2v) is 5.73. The Morgan fingerprint density at radius 3 is 3.00 bits per heavy atom. The lowest BCUT2D eigenvalue weighted by atomic mass is 9.95. The highest BCUT2D eigenvalue weighted by molar-refractivity contribution is 5.81. The molecule has 3 nitrogen and oxygen atoms in total. The summed E-state index contributed by atoms with van der Waals surface area (Å²) in [4.78, 5) is 0. The molecule has 1 saturated heterocycles. The normalized spacial score (nSPS) is 22.9. The molecule has 0 aliphatic carbocycles. The highest BCUT2D eigenvalue weighted by atomic mass is 19.1. The number of para-hydroxylation sites is 1. The molecular formula is C16H20FNO2. The summed E-state index contributed by atoms with van der Waals surface area (Å²) in [5.41, 5.74) is 0.312. The van der Waals surface area contributed by atoms with Crippen molar-refractivity contribution in [3.63, 3.8) is 0 Å². The number of hydrogen-bond acceptors (Lipinski definition) is 3. The maximum Gasteiger partial charge on any atom is 0.167 e. The van der Waals surface area contributed by atoms with Crippen LogP contribution in [0.2, 0.25) is 0 Å². The summed E-state index contributed by atoms with van der Waals surface area (Å²) < 4.78 is 26.1. The molecule has 20 heavy (non-hydrogen) atoms. The second-order valence-electron chi connectivity index (χ2n) is 5.73. The number of furan rings is 1. The fourth-order valence-corrected chi connectivity index (χ4v) is 2.78. The SMILES string of the molecule is Cc1cccc2cc(C(C)(F)CC3COCCN3)oc12. The van der Waals surface area contributed by atoms with Crippen LogP contribution >= 0.6 is 0 Å². The number of alkyl halides is 1. The quantitative estimate of drug-likeness (QED) is 0.934. The third kappa shape index (κ3) is 2.58. The summed E-state index contributed by atoms with van der Waals surface area (Å²) in [6.45, 7) is 5.58. The number of fused-ring (bicyclic) bond motifs is 1. The van der Waals surface area contributed by atoms with E-state index < -0.39 is 5.67 Å². The van der Waals surface area contributed by atoms with E-state index in [0.717, 1.165) is 23.1 Å². The molecule has 2 heterocycles. The summed E-state index contributed by atoms with van der Waals surface area (Å²) in [6, 6.07) is 7.73. The van der Waals surface area contributed by atoms with Crippen LogP contribution in [-0.2, 0) is 10.4 Å². The van der Waals surface area contributed by atoms with E-state index in [1.165, 1.54) is 0 Å². The first-order chi connectivity index (χ1) is 9.56. The minimum atomic E-state index is -1.50. The van der Waals surface area contributed by atoms with Gasteiger partial charge in [0.1, 0.15) is 11.3 Å². The van der Waals surface area contributed by atoms with E-state index in [1.807, 2.05) is 31.2 Å². The Morgan fingerprint density at radius 1 is 1.45 bits per heavy atom. The van der Waals surface area contributed by atoms with Crippen LogP contribution in [0.4, 0.5) is 4.39 Å². The Kier molecular flexibility index (Phi) is 3.52. The van der Waals surface area contributed by atoms with Crippen LogP contribution in [-0.4, -0.2) is 25.8 Å². The molecule has 0 radical (unpaired) electrons. The van der Waals surface area contributed by atoms with Crippen LogP contribution in [0.3, 0.4) is 0 Å². The van der Waals surface area contributed by atoms with Gasteiger partial charge in [0.25, 0.3) is 0 Å². The van der Waals surface area contributed by atoms with Gasteiger partial charge in [-0.25, -0.2) is 4.39 Å². The molecule has 4 heteroatoms. The van der Waals surface area contributed by atoms with Gasteiger partial charge in [-0.1, -0.05) is 18.2 Å². The minimum absolute atomic E-state index is 0.0352. The number of nitrogens with one attached hydrogen (secondary N) is 1. The molecule has 0 amide bonds. The van der Waals surface area contributed by atoms with Crippen molar-refractivity contribution < 1.29 is 13.5 Å². The van der Waals surface area contributed by atoms with Gasteiger partial charge in [0, 0.05) is 24.4 Å². The van der Waals surface area contributed by atoms with Gasteiger partial charge in [-0.15, -0.1) is 0 Å². The van der Waals surface area contributed by atoms with Crippen LogP contribution in [0, 0.1) is 6.92 Å². The molecule has 108 valence electrons. The predicted molar refractivity (Wildman–Crippen MR) is 76.6 cm³/mol. The van der Waals surface area contributed by atoms with Gasteiger partial charge >= 0.3 is 0 Å². The number of morpholine rings is 1. The van der Waals surface area contributed by atoms with Crippen molar-refractivity contribution in [3.05, 3.63) is 35.6 Å². The van der Waals surface area contributed by atoms with Crippen molar-refractivity contribution in [2.24, 2.45) is 0 Å². The van der Waals surface area contributed by atoms with E-state index in [-0.39, 0.29) is 6.04 Å². The molecule has 1 aromatic heterocycles. The molecule has 1 fully saturated rings. The van der Waals surface area contributed by atoms with Crippen molar-refractivity contribution in [1.29, 1.82) is 0 Å². The molecule has 2 atom stereocenters. The lowest BCUT2D eigenvalue weighted by molar-refractivity contribution is 0.0413. The van der Waals surface area contributed by atoms with Crippen molar-refractivity contribution >= 4 is 11.0 Å². The molecule has 0 spiro atoms. The maximum absolute atomic E-state index is 15.0. The van der Waals surface area contributed by atoms with Crippen LogP contribution in [0.15, 0.2) is 28.7 Å². The first-order valence-electron chi connectivity index (χ1n) is 7.06. The van der Waals surface area contributed by atoms with Gasteiger partial charge in [-0.3, -0.25) is 0 Å². The Bertz CT molecular complexity index is 600. The zero-order chi connectivity index (χ0) is 14.2. The topological polar surface area (TPSA) is 34.4 Å². The third-order valence-electron chi connectivity index (χ3n) is 3.88. The smallest absolute Gasteiger partial charge is 0.167 e. The minimum Gasteiger partial charge on any atom is -0.457 e. The summed E-state index contributed by atoms with van der Waals surface area (Å²) in [5.74, 6) is 0.397. The first kappa shape index (κ1) is 13.6. The lowest BCUT2D eigenvalue weighted by Gasteiger charge is -2.28. The molecule has 0 saturated carbocycles. The third-order valence-corrected chi connectivity index (χ3v) is 3.88. The van der Waals surface area contributed by atoms with Crippen LogP contribution < -0.4 is 5.32 Å². The van der Waals surface area contributed by atoms with Crippen molar-refractivity contribution in [1.82, 2.24) is 5.32 Å². The molecule has 2 unspecified atom stereocenters. The van der Waals surface area contributed by atoms with E-state index in [2.05, 4.69) is 5.32 Å². The second kappa shape index (κ2) is 5.19. The van der Waals surface area contributed by atoms with Gasteiger partial charge in [-0.05, 0) is 25.5 Å². The van der Waals surface area contributed by atoms with Gasteiger partial charge < -0.3 is 14.5 Å². The number of halogens is 1. The molecule has 1 N–H and O–H groups in total. The van der Waals surface area contributed by atoms with Crippen LogP contribution in [0.1, 0.15) is 24.7 Å². The highest BCUT2D eigenvalue weighted by Gasteiger charge is 2.34. The fourth-order valence-electron chi connectivity index (χ4n) is 2.78. The van der Waals surface area contributed by atoms with Crippen molar-refractivity contribution in [2.45, 2.75) is 32.0 Å². The fraction of sp³-hybridized carbons (Fsp3) is 0.500. The monoisotopic (exact) mass is 277 g/mol. The molecule has 2 aromatic rings. The van der Waals surface area contributed by atoms with Crippen molar-refractivity contribution in [2.75, 3.05) is 19.8 Å². The summed E-state index contributed by atoms with van der Waals surface area (Å²) in [6.07, 6.45) is 0.353. The van der Waals surface area contributed by atoms with Crippen LogP contribution in [0.5, 0.6) is 0 Å². The number of ether oxygens (including phenoxy) is 1. The van der Waals surface area contributed by atoms with Crippen LogP contribution in [0.25, 0.3) is 11.0 Å². The Morgan fingerprint density at radius 2 is 2.30 bits per heavy atom. The van der Waals surface area contributed by atoms with E-state index >= 15 is 0 Å².